The molecule has 2 atom stereocenters. The Morgan fingerprint density at radius 2 is 1.59 bits per heavy atom. The molecule has 0 aromatic heterocycles. The van der Waals surface area contributed by atoms with Gasteiger partial charge in [0.25, 0.3) is 0 Å². The van der Waals surface area contributed by atoms with E-state index in [1.54, 1.807) is 20.3 Å². The molecule has 6 nitrogen and oxygen atoms in total. The van der Waals surface area contributed by atoms with Gasteiger partial charge in [-0.3, -0.25) is 4.90 Å². The molecule has 3 aliphatic rings. The van der Waals surface area contributed by atoms with Gasteiger partial charge in [0.1, 0.15) is 18.1 Å². The lowest BCUT2D eigenvalue weighted by atomic mass is 9.79. The Bertz CT molecular complexity index is 1320. The highest BCUT2D eigenvalue weighted by Crippen LogP contribution is 2.42. The van der Waals surface area contributed by atoms with Crippen LogP contribution < -0.4 is 19.5 Å². The van der Waals surface area contributed by atoms with Crippen molar-refractivity contribution in [2.45, 2.75) is 82.3 Å². The van der Waals surface area contributed by atoms with Gasteiger partial charge in [0.05, 0.1) is 14.2 Å². The molecular formula is C35H44N2O4. The van der Waals surface area contributed by atoms with Crippen LogP contribution in [0.15, 0.2) is 54.6 Å². The fourth-order valence-electron chi connectivity index (χ4n) is 7.41. The summed E-state index contributed by atoms with van der Waals surface area (Å²) in [6, 6.07) is 20.4. The average Bonchev–Trinajstić information content (AvgIpc) is 3.56. The van der Waals surface area contributed by atoms with Crippen molar-refractivity contribution >= 4 is 5.69 Å². The van der Waals surface area contributed by atoms with Crippen LogP contribution in [0.2, 0.25) is 0 Å². The van der Waals surface area contributed by atoms with Crippen LogP contribution in [0.5, 0.6) is 23.0 Å². The van der Waals surface area contributed by atoms with Crippen LogP contribution in [0, 0.1) is 0 Å². The van der Waals surface area contributed by atoms with Gasteiger partial charge in [-0.2, -0.15) is 0 Å². The highest BCUT2D eigenvalue weighted by Gasteiger charge is 2.38. The van der Waals surface area contributed by atoms with Gasteiger partial charge in [0.2, 0.25) is 0 Å². The van der Waals surface area contributed by atoms with E-state index in [-0.39, 0.29) is 6.04 Å². The number of phenolic OH excluding ortho intramolecular Hbond substituents is 1. The van der Waals surface area contributed by atoms with Crippen LogP contribution in [0.3, 0.4) is 0 Å². The van der Waals surface area contributed by atoms with Crippen LogP contribution in [0.25, 0.3) is 0 Å². The second-order valence-corrected chi connectivity index (χ2v) is 12.1. The second-order valence-electron chi connectivity index (χ2n) is 12.1. The smallest absolute Gasteiger partial charge is 0.162 e. The highest BCUT2D eigenvalue weighted by atomic mass is 16.5. The van der Waals surface area contributed by atoms with Crippen molar-refractivity contribution < 1.29 is 19.3 Å². The van der Waals surface area contributed by atoms with E-state index in [4.69, 9.17) is 14.2 Å². The number of anilines is 1. The predicted molar refractivity (Wildman–Crippen MR) is 164 cm³/mol. The third-order valence-electron chi connectivity index (χ3n) is 9.50. The Balaban J connectivity index is 1.10. The summed E-state index contributed by atoms with van der Waals surface area (Å²) < 4.78 is 17.5. The monoisotopic (exact) mass is 556 g/mol. The van der Waals surface area contributed by atoms with Crippen LogP contribution in [-0.4, -0.2) is 55.5 Å². The lowest BCUT2D eigenvalue weighted by Gasteiger charge is -2.29. The van der Waals surface area contributed by atoms with E-state index in [1.807, 2.05) is 6.07 Å². The highest BCUT2D eigenvalue weighted by molar-refractivity contribution is 5.63. The number of benzene rings is 3. The quantitative estimate of drug-likeness (QED) is 0.273. The van der Waals surface area contributed by atoms with Gasteiger partial charge in [-0.05, 0) is 117 Å². The summed E-state index contributed by atoms with van der Waals surface area (Å²) in [5, 5.41) is 13.7. The molecule has 6 rings (SSSR count). The van der Waals surface area contributed by atoms with E-state index >= 15 is 0 Å². The molecule has 2 fully saturated rings. The summed E-state index contributed by atoms with van der Waals surface area (Å²) in [5.41, 5.74) is 6.19. The molecule has 6 heteroatoms. The maximum Gasteiger partial charge on any atom is 0.162 e. The number of phenols is 1. The number of nitrogens with zero attached hydrogens (tertiary/aromatic N) is 1. The molecule has 218 valence electrons. The largest absolute Gasteiger partial charge is 0.508 e. The van der Waals surface area contributed by atoms with Gasteiger partial charge in [-0.1, -0.05) is 18.2 Å². The van der Waals surface area contributed by atoms with Crippen molar-refractivity contribution in [2.24, 2.45) is 0 Å². The van der Waals surface area contributed by atoms with Gasteiger partial charge < -0.3 is 24.6 Å². The molecule has 2 heterocycles. The Morgan fingerprint density at radius 3 is 2.29 bits per heavy atom. The first-order valence-corrected chi connectivity index (χ1v) is 15.3. The van der Waals surface area contributed by atoms with Crippen molar-refractivity contribution in [3.63, 3.8) is 0 Å². The molecule has 3 aromatic rings. The minimum Gasteiger partial charge on any atom is -0.508 e. The van der Waals surface area contributed by atoms with Gasteiger partial charge in [0, 0.05) is 36.4 Å². The molecule has 2 unspecified atom stereocenters. The van der Waals surface area contributed by atoms with Crippen LogP contribution in [0.4, 0.5) is 5.69 Å². The van der Waals surface area contributed by atoms with Crippen LogP contribution in [-0.2, 0) is 19.3 Å². The van der Waals surface area contributed by atoms with E-state index in [2.05, 4.69) is 59.6 Å². The summed E-state index contributed by atoms with van der Waals surface area (Å²) >= 11 is 0. The first-order valence-electron chi connectivity index (χ1n) is 15.3. The maximum atomic E-state index is 9.93. The summed E-state index contributed by atoms with van der Waals surface area (Å²) in [4.78, 5) is 2.67. The Labute approximate surface area is 244 Å². The zero-order valence-electron chi connectivity index (χ0n) is 24.7. The normalized spacial score (nSPS) is 22.3. The minimum atomic E-state index is 0.220. The SMILES string of the molecule is COc1cc(NC(C)Cc2ccc(OCCN3C4CCC3CC4)cc2)c(C2CCc3cc(O)ccc3C2)cc1OC. The van der Waals surface area contributed by atoms with Crippen LogP contribution >= 0.6 is 0 Å². The Kier molecular flexibility index (Phi) is 8.29. The zero-order chi connectivity index (χ0) is 28.3. The van der Waals surface area contributed by atoms with Crippen molar-refractivity contribution in [2.75, 3.05) is 32.7 Å². The molecule has 0 amide bonds. The van der Waals surface area contributed by atoms with E-state index < -0.39 is 0 Å². The van der Waals surface area contributed by atoms with E-state index in [9.17, 15) is 5.11 Å². The number of hydrogen-bond donors (Lipinski definition) is 2. The zero-order valence-corrected chi connectivity index (χ0v) is 24.7. The molecule has 0 radical (unpaired) electrons. The Hall–Kier alpha value is -3.38. The maximum absolute atomic E-state index is 9.93. The van der Waals surface area contributed by atoms with Gasteiger partial charge in [-0.15, -0.1) is 0 Å². The number of ether oxygens (including phenoxy) is 3. The van der Waals surface area contributed by atoms with Crippen molar-refractivity contribution in [1.29, 1.82) is 0 Å². The molecule has 2 aliphatic heterocycles. The summed E-state index contributed by atoms with van der Waals surface area (Å²) in [6.45, 7) is 4.04. The van der Waals surface area contributed by atoms with Gasteiger partial charge in [0.15, 0.2) is 11.5 Å². The molecule has 41 heavy (non-hydrogen) atoms. The number of hydrogen-bond acceptors (Lipinski definition) is 6. The average molecular weight is 557 g/mol. The molecule has 2 saturated heterocycles. The number of fused-ring (bicyclic) bond motifs is 3. The van der Waals surface area contributed by atoms with Crippen molar-refractivity contribution in [3.05, 3.63) is 76.9 Å². The molecule has 0 spiro atoms. The van der Waals surface area contributed by atoms with Crippen molar-refractivity contribution in [1.82, 2.24) is 4.90 Å². The first kappa shape index (κ1) is 27.8. The molecule has 1 aliphatic carbocycles. The first-order chi connectivity index (χ1) is 20.0. The van der Waals surface area contributed by atoms with Crippen LogP contribution in [0.1, 0.15) is 67.2 Å². The van der Waals surface area contributed by atoms with E-state index in [0.29, 0.717) is 11.7 Å². The molecule has 2 N–H and O–H groups in total. The Morgan fingerprint density at radius 1 is 0.878 bits per heavy atom. The van der Waals surface area contributed by atoms with E-state index in [1.165, 1.54) is 47.9 Å². The fraction of sp³-hybridized carbons (Fsp3) is 0.486. The van der Waals surface area contributed by atoms with E-state index in [0.717, 1.165) is 73.9 Å². The van der Waals surface area contributed by atoms with Gasteiger partial charge >= 0.3 is 0 Å². The fourth-order valence-corrected chi connectivity index (χ4v) is 7.41. The third kappa shape index (κ3) is 6.13. The van der Waals surface area contributed by atoms with Gasteiger partial charge in [-0.25, -0.2) is 0 Å². The molecule has 3 aromatic carbocycles. The lowest BCUT2D eigenvalue weighted by molar-refractivity contribution is 0.194. The molecular weight excluding hydrogens is 512 g/mol. The standard InChI is InChI=1S/C35H44N2O4/c1-23(18-24-4-14-31(15-5-24)41-17-16-37-28-9-10-29(37)12-11-28)36-33-22-35(40-3)34(39-2)21-32(33)27-7-6-26-20-30(38)13-8-25(26)19-27/h4-5,8,13-15,20-23,27-29,36,38H,6-7,9-12,16-19H2,1-3H3. The number of aryl methyl sites for hydroxylation is 1. The molecule has 0 saturated carbocycles. The number of nitrogens with one attached hydrogen (secondary N) is 1. The molecule has 2 bridgehead atoms. The number of rotatable bonds is 11. The predicted octanol–water partition coefficient (Wildman–Crippen LogP) is 6.73. The number of methoxy groups -OCH3 is 2. The summed E-state index contributed by atoms with van der Waals surface area (Å²) in [7, 11) is 3.38. The third-order valence-corrected chi connectivity index (χ3v) is 9.50. The van der Waals surface area contributed by atoms with Crippen molar-refractivity contribution in [3.8, 4) is 23.0 Å². The summed E-state index contributed by atoms with van der Waals surface area (Å²) in [6.07, 6.45) is 9.30. The summed E-state index contributed by atoms with van der Waals surface area (Å²) in [5.74, 6) is 3.14. The topological polar surface area (TPSA) is 63.2 Å². The second kappa shape index (κ2) is 12.2. The minimum absolute atomic E-state index is 0.220. The number of aromatic hydroxyl groups is 1. The lowest BCUT2D eigenvalue weighted by Crippen LogP contribution is -2.32.